The summed E-state index contributed by atoms with van der Waals surface area (Å²) >= 11 is 0. The van der Waals surface area contributed by atoms with Gasteiger partial charge in [-0.05, 0) is 24.3 Å². The number of amides is 2. The molecular weight excluding hydrogens is 322 g/mol. The lowest BCUT2D eigenvalue weighted by atomic mass is 10.2. The quantitative estimate of drug-likeness (QED) is 0.812. The second-order valence-electron chi connectivity index (χ2n) is 5.15. The third-order valence-electron chi connectivity index (χ3n) is 3.55. The van der Waals surface area contributed by atoms with E-state index in [1.54, 1.807) is 29.2 Å². The van der Waals surface area contributed by atoms with Crippen molar-refractivity contribution in [2.24, 2.45) is 0 Å². The van der Waals surface area contributed by atoms with E-state index in [1.807, 2.05) is 0 Å². The lowest BCUT2D eigenvalue weighted by Gasteiger charge is -2.33. The topological polar surface area (TPSA) is 96.0 Å². The fourth-order valence-electron chi connectivity index (χ4n) is 2.23. The molecule has 0 saturated carbocycles. The van der Waals surface area contributed by atoms with Crippen molar-refractivity contribution in [2.75, 3.05) is 44.9 Å². The number of benzene rings is 1. The van der Waals surface area contributed by atoms with Gasteiger partial charge in [-0.25, -0.2) is 18.0 Å². The average molecular weight is 341 g/mol. The Labute approximate surface area is 135 Å². The summed E-state index contributed by atoms with van der Waals surface area (Å²) in [5.74, 6) is -0.445. The highest BCUT2D eigenvalue weighted by atomic mass is 32.2. The SMILES string of the molecule is COC(=O)c1ccc(NC(=O)N2CCN(S(C)(=O)=O)CC2)cc1. The van der Waals surface area contributed by atoms with Gasteiger partial charge in [0.15, 0.2) is 0 Å². The van der Waals surface area contributed by atoms with E-state index < -0.39 is 16.0 Å². The molecule has 0 atom stereocenters. The Kier molecular flexibility index (Phi) is 5.22. The fraction of sp³-hybridized carbons (Fsp3) is 0.429. The van der Waals surface area contributed by atoms with Crippen molar-refractivity contribution in [3.8, 4) is 0 Å². The summed E-state index contributed by atoms with van der Waals surface area (Å²) in [6, 6.07) is 6.03. The minimum Gasteiger partial charge on any atom is -0.465 e. The highest BCUT2D eigenvalue weighted by molar-refractivity contribution is 7.88. The standard InChI is InChI=1S/C14H19N3O5S/c1-22-13(18)11-3-5-12(6-4-11)15-14(19)16-7-9-17(10-8-16)23(2,20)21/h3-6H,7-10H2,1-2H3,(H,15,19). The van der Waals surface area contributed by atoms with E-state index in [-0.39, 0.29) is 19.1 Å². The number of carbonyl (C=O) groups excluding carboxylic acids is 2. The maximum absolute atomic E-state index is 12.2. The number of ether oxygens (including phenoxy) is 1. The van der Waals surface area contributed by atoms with Crippen LogP contribution < -0.4 is 5.32 Å². The zero-order valence-corrected chi connectivity index (χ0v) is 13.8. The summed E-state index contributed by atoms with van der Waals surface area (Å²) in [7, 11) is -1.92. The van der Waals surface area contributed by atoms with Crippen molar-refractivity contribution in [3.05, 3.63) is 29.8 Å². The number of urea groups is 1. The number of esters is 1. The molecular formula is C14H19N3O5S. The summed E-state index contributed by atoms with van der Waals surface area (Å²) in [6.45, 7) is 1.24. The van der Waals surface area contributed by atoms with Gasteiger partial charge in [-0.3, -0.25) is 0 Å². The summed E-state index contributed by atoms with van der Waals surface area (Å²) < 4.78 is 28.8. The van der Waals surface area contributed by atoms with Gasteiger partial charge in [0.05, 0.1) is 18.9 Å². The van der Waals surface area contributed by atoms with Crippen molar-refractivity contribution in [1.82, 2.24) is 9.21 Å². The van der Waals surface area contributed by atoms with Gasteiger partial charge in [-0.15, -0.1) is 0 Å². The minimum absolute atomic E-state index is 0.285. The number of hydrogen-bond acceptors (Lipinski definition) is 5. The minimum atomic E-state index is -3.22. The van der Waals surface area contributed by atoms with Crippen molar-refractivity contribution in [1.29, 1.82) is 0 Å². The number of anilines is 1. The monoisotopic (exact) mass is 341 g/mol. The first-order valence-corrected chi connectivity index (χ1v) is 8.85. The number of hydrogen-bond donors (Lipinski definition) is 1. The van der Waals surface area contributed by atoms with E-state index in [0.29, 0.717) is 24.3 Å². The van der Waals surface area contributed by atoms with Crippen LogP contribution in [0.2, 0.25) is 0 Å². The fourth-order valence-corrected chi connectivity index (χ4v) is 3.06. The van der Waals surface area contributed by atoms with Crippen molar-refractivity contribution >= 4 is 27.7 Å². The molecule has 0 radical (unpaired) electrons. The average Bonchev–Trinajstić information content (AvgIpc) is 2.54. The van der Waals surface area contributed by atoms with E-state index in [0.717, 1.165) is 6.26 Å². The van der Waals surface area contributed by atoms with Gasteiger partial charge in [0.2, 0.25) is 10.0 Å². The smallest absolute Gasteiger partial charge is 0.337 e. The molecule has 0 bridgehead atoms. The first-order valence-electron chi connectivity index (χ1n) is 7.00. The molecule has 1 saturated heterocycles. The molecule has 2 rings (SSSR count). The number of piperazine rings is 1. The zero-order valence-electron chi connectivity index (χ0n) is 13.0. The highest BCUT2D eigenvalue weighted by Crippen LogP contribution is 2.13. The van der Waals surface area contributed by atoms with Gasteiger partial charge in [-0.1, -0.05) is 0 Å². The summed E-state index contributed by atoms with van der Waals surface area (Å²) in [5.41, 5.74) is 0.945. The highest BCUT2D eigenvalue weighted by Gasteiger charge is 2.25. The van der Waals surface area contributed by atoms with Crippen LogP contribution >= 0.6 is 0 Å². The van der Waals surface area contributed by atoms with Crippen LogP contribution in [0.1, 0.15) is 10.4 Å². The van der Waals surface area contributed by atoms with Crippen LogP contribution in [0.5, 0.6) is 0 Å². The summed E-state index contributed by atoms with van der Waals surface area (Å²) in [6.07, 6.45) is 1.16. The van der Waals surface area contributed by atoms with Crippen LogP contribution in [-0.2, 0) is 14.8 Å². The predicted molar refractivity (Wildman–Crippen MR) is 84.8 cm³/mol. The molecule has 0 aliphatic carbocycles. The Morgan fingerprint density at radius 2 is 1.65 bits per heavy atom. The van der Waals surface area contributed by atoms with Gasteiger partial charge in [0, 0.05) is 31.9 Å². The van der Waals surface area contributed by atoms with Crippen LogP contribution in [0.4, 0.5) is 10.5 Å². The zero-order chi connectivity index (χ0) is 17.0. The lowest BCUT2D eigenvalue weighted by molar-refractivity contribution is 0.0600. The number of methoxy groups -OCH3 is 1. The molecule has 1 aliphatic rings. The van der Waals surface area contributed by atoms with Gasteiger partial charge < -0.3 is 15.0 Å². The van der Waals surface area contributed by atoms with E-state index in [1.165, 1.54) is 11.4 Å². The molecule has 1 heterocycles. The van der Waals surface area contributed by atoms with Gasteiger partial charge in [-0.2, -0.15) is 4.31 Å². The van der Waals surface area contributed by atoms with Crippen molar-refractivity contribution < 1.29 is 22.7 Å². The molecule has 0 spiro atoms. The second-order valence-corrected chi connectivity index (χ2v) is 7.13. The Morgan fingerprint density at radius 1 is 1.09 bits per heavy atom. The first-order chi connectivity index (χ1) is 10.8. The van der Waals surface area contributed by atoms with E-state index in [4.69, 9.17) is 0 Å². The normalized spacial score (nSPS) is 16.0. The molecule has 23 heavy (non-hydrogen) atoms. The molecule has 1 aliphatic heterocycles. The maximum atomic E-state index is 12.2. The second kappa shape index (κ2) is 6.97. The number of nitrogens with zero attached hydrogens (tertiary/aromatic N) is 2. The molecule has 0 unspecified atom stereocenters. The molecule has 2 amide bonds. The van der Waals surface area contributed by atoms with E-state index in [2.05, 4.69) is 10.1 Å². The predicted octanol–water partition coefficient (Wildman–Crippen LogP) is 0.582. The Balaban J connectivity index is 1.91. The van der Waals surface area contributed by atoms with Crippen LogP contribution in [-0.4, -0.2) is 69.2 Å². The maximum Gasteiger partial charge on any atom is 0.337 e. The van der Waals surface area contributed by atoms with Crippen LogP contribution in [0.15, 0.2) is 24.3 Å². The summed E-state index contributed by atoms with van der Waals surface area (Å²) in [4.78, 5) is 25.0. The Hall–Kier alpha value is -2.13. The molecule has 1 aromatic carbocycles. The number of rotatable bonds is 3. The molecule has 1 fully saturated rings. The number of sulfonamides is 1. The summed E-state index contributed by atoms with van der Waals surface area (Å²) in [5, 5.41) is 2.72. The lowest BCUT2D eigenvalue weighted by Crippen LogP contribution is -2.51. The third kappa shape index (κ3) is 4.42. The van der Waals surface area contributed by atoms with E-state index >= 15 is 0 Å². The number of carbonyl (C=O) groups is 2. The van der Waals surface area contributed by atoms with Crippen LogP contribution in [0.25, 0.3) is 0 Å². The largest absolute Gasteiger partial charge is 0.465 e. The van der Waals surface area contributed by atoms with Gasteiger partial charge in [0.1, 0.15) is 0 Å². The van der Waals surface area contributed by atoms with Crippen LogP contribution in [0, 0.1) is 0 Å². The van der Waals surface area contributed by atoms with Gasteiger partial charge in [0.25, 0.3) is 0 Å². The third-order valence-corrected chi connectivity index (χ3v) is 4.86. The molecule has 8 nitrogen and oxygen atoms in total. The molecule has 1 aromatic rings. The van der Waals surface area contributed by atoms with Gasteiger partial charge >= 0.3 is 12.0 Å². The van der Waals surface area contributed by atoms with Crippen molar-refractivity contribution in [2.45, 2.75) is 0 Å². The Bertz CT molecular complexity index is 679. The van der Waals surface area contributed by atoms with Crippen molar-refractivity contribution in [3.63, 3.8) is 0 Å². The Morgan fingerprint density at radius 3 is 2.13 bits per heavy atom. The first kappa shape index (κ1) is 17.2. The molecule has 0 aromatic heterocycles. The molecule has 9 heteroatoms. The van der Waals surface area contributed by atoms with E-state index in [9.17, 15) is 18.0 Å². The van der Waals surface area contributed by atoms with Crippen LogP contribution in [0.3, 0.4) is 0 Å². The number of nitrogens with one attached hydrogen (secondary N) is 1. The molecule has 126 valence electrons. The molecule has 1 N–H and O–H groups in total.